The smallest absolute Gasteiger partial charge is 0.382 e. The van der Waals surface area contributed by atoms with Gasteiger partial charge in [-0.1, -0.05) is 30.6 Å². The zero-order valence-corrected chi connectivity index (χ0v) is 16.8. The van der Waals surface area contributed by atoms with Crippen molar-refractivity contribution in [2.45, 2.75) is 38.8 Å². The summed E-state index contributed by atoms with van der Waals surface area (Å²) in [6.45, 7) is 4.39. The topological polar surface area (TPSA) is 98.7 Å². The van der Waals surface area contributed by atoms with Gasteiger partial charge in [-0.2, -0.15) is 27.9 Å². The van der Waals surface area contributed by atoms with Crippen molar-refractivity contribution in [2.24, 2.45) is 0 Å². The van der Waals surface area contributed by atoms with Crippen molar-refractivity contribution in [2.75, 3.05) is 11.9 Å². The largest absolute Gasteiger partial charge is 0.417 e. The van der Waals surface area contributed by atoms with Gasteiger partial charge in [0.2, 0.25) is 5.89 Å². The van der Waals surface area contributed by atoms with Crippen LogP contribution < -0.4 is 10.9 Å². The number of rotatable bonds is 7. The van der Waals surface area contributed by atoms with Gasteiger partial charge in [-0.3, -0.25) is 4.79 Å². The Balaban J connectivity index is 1.63. The minimum absolute atomic E-state index is 0.0706. The Bertz CT molecular complexity index is 1060. The summed E-state index contributed by atoms with van der Waals surface area (Å²) in [5.74, 6) is 1.27. The van der Waals surface area contributed by atoms with Gasteiger partial charge in [-0.15, -0.1) is 0 Å². The molecule has 30 heavy (non-hydrogen) atoms. The van der Waals surface area contributed by atoms with Gasteiger partial charge < -0.3 is 9.84 Å². The minimum atomic E-state index is -4.52. The summed E-state index contributed by atoms with van der Waals surface area (Å²) in [4.78, 5) is 20.4. The van der Waals surface area contributed by atoms with Crippen molar-refractivity contribution < 1.29 is 17.7 Å². The monoisotopic (exact) mass is 442 g/mol. The molecule has 0 atom stereocenters. The summed E-state index contributed by atoms with van der Waals surface area (Å²) < 4.78 is 43.9. The zero-order chi connectivity index (χ0) is 21.9. The summed E-state index contributed by atoms with van der Waals surface area (Å²) in [5.41, 5.74) is -1.32. The van der Waals surface area contributed by atoms with Crippen molar-refractivity contribution in [3.8, 4) is 5.82 Å². The Morgan fingerprint density at radius 3 is 2.63 bits per heavy atom. The first-order valence-electron chi connectivity index (χ1n) is 9.04. The lowest BCUT2D eigenvalue weighted by atomic mass is 10.2. The van der Waals surface area contributed by atoms with Crippen molar-refractivity contribution in [3.05, 3.63) is 57.2 Å². The maximum absolute atomic E-state index is 12.6. The summed E-state index contributed by atoms with van der Waals surface area (Å²) in [7, 11) is 0. The average molecular weight is 443 g/mol. The van der Waals surface area contributed by atoms with Gasteiger partial charge in [-0.05, 0) is 18.6 Å². The van der Waals surface area contributed by atoms with E-state index in [0.29, 0.717) is 43.0 Å². The van der Waals surface area contributed by atoms with Crippen LogP contribution in [-0.4, -0.2) is 31.4 Å². The fourth-order valence-corrected chi connectivity index (χ4v) is 2.66. The Labute approximate surface area is 174 Å². The number of pyridine rings is 1. The molecule has 1 N–H and O–H groups in total. The van der Waals surface area contributed by atoms with E-state index in [-0.39, 0.29) is 16.8 Å². The van der Waals surface area contributed by atoms with Gasteiger partial charge >= 0.3 is 6.18 Å². The maximum Gasteiger partial charge on any atom is 0.417 e. The van der Waals surface area contributed by atoms with E-state index >= 15 is 0 Å². The molecule has 160 valence electrons. The summed E-state index contributed by atoms with van der Waals surface area (Å²) in [6.07, 6.45) is -1.39. The first-order valence-corrected chi connectivity index (χ1v) is 9.42. The number of anilines is 1. The van der Waals surface area contributed by atoms with Gasteiger partial charge in [0, 0.05) is 25.1 Å². The van der Waals surface area contributed by atoms with Crippen LogP contribution in [0.2, 0.25) is 5.02 Å². The fourth-order valence-electron chi connectivity index (χ4n) is 2.46. The molecule has 0 aliphatic rings. The van der Waals surface area contributed by atoms with E-state index in [2.05, 4.69) is 25.5 Å². The normalized spacial score (nSPS) is 11.8. The Morgan fingerprint density at radius 2 is 2.03 bits per heavy atom. The third kappa shape index (κ3) is 4.96. The zero-order valence-electron chi connectivity index (χ0n) is 16.1. The predicted octanol–water partition coefficient (Wildman–Crippen LogP) is 3.85. The lowest BCUT2D eigenvalue weighted by Gasteiger charge is -2.10. The molecule has 0 saturated carbocycles. The molecule has 0 radical (unpaired) electrons. The second-order valence-electron chi connectivity index (χ2n) is 6.72. The standard InChI is InChI=1S/C18H18ClF3N6O2/c1-10(2)16-26-14(30-27-16)4-3-7-23-12-9-25-28(17(29)15(12)19)13-6-5-11(8-24-13)18(20,21)22/h5-6,8-10,23H,3-4,7H2,1-2H3. The second kappa shape index (κ2) is 8.82. The van der Waals surface area contributed by atoms with Crippen LogP contribution in [0.3, 0.4) is 0 Å². The van der Waals surface area contributed by atoms with Crippen LogP contribution in [0.25, 0.3) is 5.82 Å². The molecule has 0 unspecified atom stereocenters. The predicted molar refractivity (Wildman–Crippen MR) is 103 cm³/mol. The van der Waals surface area contributed by atoms with Crippen LogP contribution in [0.5, 0.6) is 0 Å². The molecule has 0 spiro atoms. The molecule has 0 aliphatic carbocycles. The molecule has 0 aromatic carbocycles. The van der Waals surface area contributed by atoms with Gasteiger partial charge in [0.05, 0.1) is 17.4 Å². The molecule has 0 aliphatic heterocycles. The molecule has 3 rings (SSSR count). The lowest BCUT2D eigenvalue weighted by molar-refractivity contribution is -0.137. The van der Waals surface area contributed by atoms with E-state index in [4.69, 9.17) is 16.1 Å². The molecule has 3 aromatic heterocycles. The van der Waals surface area contributed by atoms with Crippen LogP contribution in [-0.2, 0) is 12.6 Å². The third-order valence-electron chi connectivity index (χ3n) is 4.09. The van der Waals surface area contributed by atoms with Crippen LogP contribution in [0, 0.1) is 0 Å². The van der Waals surface area contributed by atoms with Crippen LogP contribution in [0.15, 0.2) is 33.8 Å². The van der Waals surface area contributed by atoms with E-state index in [1.807, 2.05) is 13.8 Å². The molecule has 3 heterocycles. The number of halogens is 4. The van der Waals surface area contributed by atoms with E-state index < -0.39 is 17.3 Å². The number of hydrogen-bond acceptors (Lipinski definition) is 7. The van der Waals surface area contributed by atoms with Crippen LogP contribution in [0.4, 0.5) is 18.9 Å². The molecule has 0 saturated heterocycles. The van der Waals surface area contributed by atoms with Crippen molar-refractivity contribution >= 4 is 17.3 Å². The number of hydrogen-bond donors (Lipinski definition) is 1. The first-order chi connectivity index (χ1) is 14.2. The summed E-state index contributed by atoms with van der Waals surface area (Å²) >= 11 is 6.10. The highest BCUT2D eigenvalue weighted by Crippen LogP contribution is 2.28. The lowest BCUT2D eigenvalue weighted by Crippen LogP contribution is -2.24. The molecule has 12 heteroatoms. The summed E-state index contributed by atoms with van der Waals surface area (Å²) in [5, 5.41) is 10.7. The number of nitrogens with zero attached hydrogens (tertiary/aromatic N) is 5. The van der Waals surface area contributed by atoms with Crippen molar-refractivity contribution in [1.29, 1.82) is 0 Å². The van der Waals surface area contributed by atoms with E-state index in [1.54, 1.807) is 0 Å². The van der Waals surface area contributed by atoms with Crippen molar-refractivity contribution in [3.63, 3.8) is 0 Å². The Kier molecular flexibility index (Phi) is 6.40. The molecular weight excluding hydrogens is 425 g/mol. The highest BCUT2D eigenvalue weighted by atomic mass is 35.5. The van der Waals surface area contributed by atoms with Crippen LogP contribution >= 0.6 is 11.6 Å². The van der Waals surface area contributed by atoms with E-state index in [9.17, 15) is 18.0 Å². The van der Waals surface area contributed by atoms with E-state index in [0.717, 1.165) is 16.8 Å². The fraction of sp³-hybridized carbons (Fsp3) is 0.389. The number of nitrogens with one attached hydrogen (secondary N) is 1. The molecule has 3 aromatic rings. The number of aromatic nitrogens is 5. The number of alkyl halides is 3. The molecule has 8 nitrogen and oxygen atoms in total. The maximum atomic E-state index is 12.6. The first kappa shape index (κ1) is 21.8. The highest BCUT2D eigenvalue weighted by Gasteiger charge is 2.30. The van der Waals surface area contributed by atoms with Gasteiger partial charge in [0.1, 0.15) is 5.02 Å². The Morgan fingerprint density at radius 1 is 1.27 bits per heavy atom. The quantitative estimate of drug-likeness (QED) is 0.555. The highest BCUT2D eigenvalue weighted by molar-refractivity contribution is 6.32. The van der Waals surface area contributed by atoms with E-state index in [1.165, 1.54) is 6.20 Å². The summed E-state index contributed by atoms with van der Waals surface area (Å²) in [6, 6.07) is 1.87. The SMILES string of the molecule is CC(C)c1noc(CCCNc2cnn(-c3ccc(C(F)(F)F)cn3)c(=O)c2Cl)n1. The number of aryl methyl sites for hydroxylation is 1. The van der Waals surface area contributed by atoms with Crippen LogP contribution in [0.1, 0.15) is 43.5 Å². The molecule has 0 fully saturated rings. The average Bonchev–Trinajstić information content (AvgIpc) is 3.17. The van der Waals surface area contributed by atoms with Gasteiger partial charge in [0.15, 0.2) is 11.6 Å². The third-order valence-corrected chi connectivity index (χ3v) is 4.46. The molecule has 0 bridgehead atoms. The molecular formula is C18H18ClF3N6O2. The van der Waals surface area contributed by atoms with Gasteiger partial charge in [0.25, 0.3) is 5.56 Å². The minimum Gasteiger partial charge on any atom is -0.382 e. The Hall–Kier alpha value is -2.95. The molecule has 0 amide bonds. The second-order valence-corrected chi connectivity index (χ2v) is 7.10. The van der Waals surface area contributed by atoms with Gasteiger partial charge in [-0.25, -0.2) is 4.98 Å². The van der Waals surface area contributed by atoms with Crippen molar-refractivity contribution in [1.82, 2.24) is 24.9 Å².